The quantitative estimate of drug-likeness (QED) is 0.343. The van der Waals surface area contributed by atoms with Gasteiger partial charge in [-0.1, -0.05) is 13.8 Å². The minimum atomic E-state index is -1.14. The van der Waals surface area contributed by atoms with Crippen molar-refractivity contribution in [2.75, 3.05) is 13.1 Å². The van der Waals surface area contributed by atoms with Crippen molar-refractivity contribution in [3.63, 3.8) is 0 Å². The molecule has 0 aliphatic rings. The Kier molecular flexibility index (Phi) is 7.99. The summed E-state index contributed by atoms with van der Waals surface area (Å²) in [6.07, 6.45) is 0. The van der Waals surface area contributed by atoms with Crippen LogP contribution in [0, 0.1) is 5.92 Å². The zero-order valence-corrected chi connectivity index (χ0v) is 12.3. The maximum Gasteiger partial charge on any atom is 0.326 e. The van der Waals surface area contributed by atoms with Gasteiger partial charge in [0.25, 0.3) is 0 Å². The summed E-state index contributed by atoms with van der Waals surface area (Å²) in [5.41, 5.74) is 5.29. The first kappa shape index (κ1) is 18.8. The number of carbonyl (C=O) groups excluding carboxylic acids is 3. The standard InChI is InChI=1S/C12H22N4O5/c1-6(2)10(12(20)21)16-9(18)5-14-8(17)4-15-11(19)7(3)13/h6-7,10H,4-5,13H2,1-3H3,(H,14,17)(H,15,19)(H,16,18)(H,20,21). The minimum absolute atomic E-state index is 0.285. The zero-order chi connectivity index (χ0) is 16.6. The van der Waals surface area contributed by atoms with Gasteiger partial charge in [0.15, 0.2) is 0 Å². The van der Waals surface area contributed by atoms with Crippen LogP contribution in [0.25, 0.3) is 0 Å². The van der Waals surface area contributed by atoms with Crippen LogP contribution in [0.1, 0.15) is 20.8 Å². The molecular weight excluding hydrogens is 280 g/mol. The predicted molar refractivity (Wildman–Crippen MR) is 74.1 cm³/mol. The molecule has 0 aliphatic heterocycles. The first-order valence-corrected chi connectivity index (χ1v) is 6.47. The summed E-state index contributed by atoms with van der Waals surface area (Å²) >= 11 is 0. The molecule has 2 unspecified atom stereocenters. The van der Waals surface area contributed by atoms with Gasteiger partial charge >= 0.3 is 5.97 Å². The number of amides is 3. The fourth-order valence-corrected chi connectivity index (χ4v) is 1.31. The van der Waals surface area contributed by atoms with Crippen LogP contribution >= 0.6 is 0 Å². The van der Waals surface area contributed by atoms with Crippen molar-refractivity contribution in [2.24, 2.45) is 11.7 Å². The van der Waals surface area contributed by atoms with E-state index in [1.807, 2.05) is 0 Å². The van der Waals surface area contributed by atoms with Crippen LogP contribution < -0.4 is 21.7 Å². The number of carboxylic acid groups (broad SMARTS) is 1. The highest BCUT2D eigenvalue weighted by Crippen LogP contribution is 2.00. The van der Waals surface area contributed by atoms with Gasteiger partial charge in [0, 0.05) is 0 Å². The highest BCUT2D eigenvalue weighted by molar-refractivity contribution is 5.90. The smallest absolute Gasteiger partial charge is 0.326 e. The number of hydrogen-bond acceptors (Lipinski definition) is 5. The van der Waals surface area contributed by atoms with Gasteiger partial charge < -0.3 is 26.8 Å². The average molecular weight is 302 g/mol. The summed E-state index contributed by atoms with van der Waals surface area (Å²) in [7, 11) is 0. The molecular formula is C12H22N4O5. The third kappa shape index (κ3) is 7.88. The second kappa shape index (κ2) is 8.90. The molecule has 0 heterocycles. The topological polar surface area (TPSA) is 151 Å². The maximum atomic E-state index is 11.5. The molecule has 0 rings (SSSR count). The van der Waals surface area contributed by atoms with Crippen LogP contribution in [0.5, 0.6) is 0 Å². The second-order valence-corrected chi connectivity index (χ2v) is 4.91. The average Bonchev–Trinajstić information content (AvgIpc) is 2.38. The molecule has 0 fully saturated rings. The summed E-state index contributed by atoms with van der Waals surface area (Å²) in [5, 5.41) is 15.7. The lowest BCUT2D eigenvalue weighted by Crippen LogP contribution is -2.49. The number of nitrogens with two attached hydrogens (primary N) is 1. The number of rotatable bonds is 8. The largest absolute Gasteiger partial charge is 0.480 e. The molecule has 9 heteroatoms. The van der Waals surface area contributed by atoms with Gasteiger partial charge in [0.2, 0.25) is 17.7 Å². The van der Waals surface area contributed by atoms with Crippen LogP contribution in [0.4, 0.5) is 0 Å². The molecule has 0 aromatic carbocycles. The Balaban J connectivity index is 4.10. The molecule has 21 heavy (non-hydrogen) atoms. The number of carboxylic acids is 1. The molecule has 3 amide bonds. The molecule has 9 nitrogen and oxygen atoms in total. The van der Waals surface area contributed by atoms with Crippen LogP contribution in [-0.2, 0) is 19.2 Å². The third-order valence-electron chi connectivity index (χ3n) is 2.53. The van der Waals surface area contributed by atoms with Crippen molar-refractivity contribution in [1.29, 1.82) is 0 Å². The van der Waals surface area contributed by atoms with E-state index in [9.17, 15) is 19.2 Å². The highest BCUT2D eigenvalue weighted by Gasteiger charge is 2.23. The van der Waals surface area contributed by atoms with Crippen molar-refractivity contribution in [3.05, 3.63) is 0 Å². The lowest BCUT2D eigenvalue weighted by molar-refractivity contribution is -0.143. The monoisotopic (exact) mass is 302 g/mol. The van der Waals surface area contributed by atoms with E-state index in [0.717, 1.165) is 0 Å². The van der Waals surface area contributed by atoms with Gasteiger partial charge in [-0.25, -0.2) is 4.79 Å². The molecule has 0 aromatic heterocycles. The predicted octanol–water partition coefficient (Wildman–Crippen LogP) is -2.21. The summed E-state index contributed by atoms with van der Waals surface area (Å²) in [4.78, 5) is 44.9. The first-order chi connectivity index (χ1) is 9.65. The van der Waals surface area contributed by atoms with E-state index in [1.54, 1.807) is 13.8 Å². The number of carbonyl (C=O) groups is 4. The summed E-state index contributed by atoms with van der Waals surface area (Å²) in [6.45, 7) is 4.10. The van der Waals surface area contributed by atoms with Gasteiger partial charge in [0.05, 0.1) is 19.1 Å². The number of aliphatic carboxylic acids is 1. The van der Waals surface area contributed by atoms with Crippen LogP contribution in [0.3, 0.4) is 0 Å². The SMILES string of the molecule is CC(N)C(=O)NCC(=O)NCC(=O)NC(C(=O)O)C(C)C. The lowest BCUT2D eigenvalue weighted by Gasteiger charge is -2.18. The van der Waals surface area contributed by atoms with Crippen LogP contribution in [0.15, 0.2) is 0 Å². The van der Waals surface area contributed by atoms with E-state index in [-0.39, 0.29) is 19.0 Å². The molecule has 0 saturated heterocycles. The Morgan fingerprint density at radius 3 is 1.95 bits per heavy atom. The Morgan fingerprint density at radius 1 is 1.00 bits per heavy atom. The van der Waals surface area contributed by atoms with E-state index in [1.165, 1.54) is 6.92 Å². The molecule has 2 atom stereocenters. The Morgan fingerprint density at radius 2 is 1.52 bits per heavy atom. The van der Waals surface area contributed by atoms with Crippen LogP contribution in [-0.4, -0.2) is 54.0 Å². The molecule has 0 saturated carbocycles. The van der Waals surface area contributed by atoms with Crippen molar-refractivity contribution < 1.29 is 24.3 Å². The normalized spacial score (nSPS) is 13.2. The molecule has 0 bridgehead atoms. The van der Waals surface area contributed by atoms with E-state index < -0.39 is 35.8 Å². The lowest BCUT2D eigenvalue weighted by atomic mass is 10.1. The van der Waals surface area contributed by atoms with E-state index in [4.69, 9.17) is 10.8 Å². The van der Waals surface area contributed by atoms with Gasteiger partial charge in [-0.3, -0.25) is 14.4 Å². The molecule has 0 spiro atoms. The van der Waals surface area contributed by atoms with Gasteiger partial charge in [0.1, 0.15) is 6.04 Å². The molecule has 120 valence electrons. The molecule has 6 N–H and O–H groups in total. The first-order valence-electron chi connectivity index (χ1n) is 6.47. The Labute approximate surface area is 122 Å². The maximum absolute atomic E-state index is 11.5. The van der Waals surface area contributed by atoms with Crippen LogP contribution in [0.2, 0.25) is 0 Å². The zero-order valence-electron chi connectivity index (χ0n) is 12.3. The highest BCUT2D eigenvalue weighted by atomic mass is 16.4. The Hall–Kier alpha value is -2.16. The van der Waals surface area contributed by atoms with Gasteiger partial charge in [-0.2, -0.15) is 0 Å². The summed E-state index contributed by atoms with van der Waals surface area (Å²) in [5.74, 6) is -3.11. The molecule has 0 aliphatic carbocycles. The van der Waals surface area contributed by atoms with E-state index in [0.29, 0.717) is 0 Å². The van der Waals surface area contributed by atoms with Crippen molar-refractivity contribution in [1.82, 2.24) is 16.0 Å². The number of nitrogens with one attached hydrogen (secondary N) is 3. The van der Waals surface area contributed by atoms with Gasteiger partial charge in [-0.05, 0) is 12.8 Å². The fraction of sp³-hybridized carbons (Fsp3) is 0.667. The van der Waals surface area contributed by atoms with Gasteiger partial charge in [-0.15, -0.1) is 0 Å². The summed E-state index contributed by atoms with van der Waals surface area (Å²) in [6, 6.07) is -1.75. The second-order valence-electron chi connectivity index (χ2n) is 4.91. The van der Waals surface area contributed by atoms with Crippen molar-refractivity contribution >= 4 is 23.7 Å². The van der Waals surface area contributed by atoms with E-state index in [2.05, 4.69) is 16.0 Å². The Bertz CT molecular complexity index is 408. The minimum Gasteiger partial charge on any atom is -0.480 e. The molecule has 0 aromatic rings. The summed E-state index contributed by atoms with van der Waals surface area (Å²) < 4.78 is 0. The fourth-order valence-electron chi connectivity index (χ4n) is 1.31. The number of hydrogen-bond donors (Lipinski definition) is 5. The van der Waals surface area contributed by atoms with Crippen molar-refractivity contribution in [3.8, 4) is 0 Å². The third-order valence-corrected chi connectivity index (χ3v) is 2.53. The van der Waals surface area contributed by atoms with E-state index >= 15 is 0 Å². The van der Waals surface area contributed by atoms with Crippen molar-refractivity contribution in [2.45, 2.75) is 32.9 Å². The molecule has 0 radical (unpaired) electrons.